The number of carbonyl (C=O) groups excluding carboxylic acids is 1. The summed E-state index contributed by atoms with van der Waals surface area (Å²) < 4.78 is 7.82. The zero-order valence-electron chi connectivity index (χ0n) is 21.5. The highest BCUT2D eigenvalue weighted by Gasteiger charge is 2.30. The van der Waals surface area contributed by atoms with Crippen LogP contribution in [-0.2, 0) is 4.79 Å². The Labute approximate surface area is 231 Å². The number of furan rings is 1. The Kier molecular flexibility index (Phi) is 6.83. The zero-order valence-corrected chi connectivity index (χ0v) is 23.0. The molecule has 198 valence electrons. The van der Waals surface area contributed by atoms with Crippen LogP contribution in [0.4, 0.5) is 11.4 Å². The monoisotopic (exact) mass is 562 g/mol. The molecule has 0 unspecified atom stereocenters. The normalized spacial score (nSPS) is 15.2. The third-order valence-corrected chi connectivity index (χ3v) is 7.77. The number of thiazole rings is 1. The van der Waals surface area contributed by atoms with Gasteiger partial charge in [0.2, 0.25) is 0 Å². The molecule has 5 rings (SSSR count). The lowest BCUT2D eigenvalue weighted by Gasteiger charge is -2.25. The summed E-state index contributed by atoms with van der Waals surface area (Å²) in [4.78, 5) is 44.1. The van der Waals surface area contributed by atoms with Crippen LogP contribution in [0, 0.1) is 10.1 Å². The highest BCUT2D eigenvalue weighted by molar-refractivity contribution is 7.07. The Bertz CT molecular complexity index is 1850. The molecular formula is C28H23ClN4O5S. The highest BCUT2D eigenvalue weighted by Crippen LogP contribution is 2.33. The van der Waals surface area contributed by atoms with E-state index in [4.69, 9.17) is 16.0 Å². The highest BCUT2D eigenvalue weighted by atomic mass is 35.5. The van der Waals surface area contributed by atoms with Crippen molar-refractivity contribution in [2.75, 3.05) is 19.0 Å². The van der Waals surface area contributed by atoms with Crippen molar-refractivity contribution in [3.8, 4) is 11.3 Å². The molecular weight excluding hydrogens is 540 g/mol. The van der Waals surface area contributed by atoms with Gasteiger partial charge in [-0.2, -0.15) is 0 Å². The molecule has 0 saturated heterocycles. The molecule has 2 aromatic carbocycles. The molecule has 0 spiro atoms. The molecule has 39 heavy (non-hydrogen) atoms. The molecule has 4 aromatic rings. The van der Waals surface area contributed by atoms with Gasteiger partial charge < -0.3 is 9.32 Å². The summed E-state index contributed by atoms with van der Waals surface area (Å²) in [5.74, 6) is 0.542. The van der Waals surface area contributed by atoms with E-state index in [1.165, 1.54) is 36.5 Å². The van der Waals surface area contributed by atoms with Crippen LogP contribution in [0.3, 0.4) is 0 Å². The first kappa shape index (κ1) is 26.3. The van der Waals surface area contributed by atoms with E-state index in [-0.39, 0.29) is 17.0 Å². The Morgan fingerprint density at radius 2 is 1.90 bits per heavy atom. The van der Waals surface area contributed by atoms with E-state index in [1.807, 2.05) is 43.3 Å². The molecule has 2 aromatic heterocycles. The smallest absolute Gasteiger partial charge is 0.271 e. The third kappa shape index (κ3) is 4.84. The average Bonchev–Trinajstić information content (AvgIpc) is 3.47. The lowest BCUT2D eigenvalue weighted by Crippen LogP contribution is -2.39. The summed E-state index contributed by atoms with van der Waals surface area (Å²) in [6.45, 7) is 3.25. The van der Waals surface area contributed by atoms with Crippen LogP contribution in [0.25, 0.3) is 17.4 Å². The van der Waals surface area contributed by atoms with Gasteiger partial charge in [-0.25, -0.2) is 4.99 Å². The second-order valence-electron chi connectivity index (χ2n) is 9.25. The van der Waals surface area contributed by atoms with Crippen LogP contribution in [0.2, 0.25) is 5.02 Å². The lowest BCUT2D eigenvalue weighted by molar-refractivity contribution is -0.384. The van der Waals surface area contributed by atoms with Crippen molar-refractivity contribution in [1.82, 2.24) is 4.57 Å². The van der Waals surface area contributed by atoms with Gasteiger partial charge in [0, 0.05) is 54.8 Å². The number of non-ortho nitro benzene ring substituents is 1. The van der Waals surface area contributed by atoms with Crippen molar-refractivity contribution in [3.63, 3.8) is 0 Å². The number of fused-ring (bicyclic) bond motifs is 1. The van der Waals surface area contributed by atoms with Crippen LogP contribution in [0.5, 0.6) is 0 Å². The van der Waals surface area contributed by atoms with Crippen molar-refractivity contribution < 1.29 is 14.1 Å². The maximum atomic E-state index is 13.7. The fourth-order valence-corrected chi connectivity index (χ4v) is 5.80. The minimum atomic E-state index is -0.618. The number of ketones is 1. The van der Waals surface area contributed by atoms with E-state index in [0.29, 0.717) is 42.7 Å². The number of Topliss-reactive ketones (excluding diaryl/α,β-unsaturated/α-hetero) is 1. The fourth-order valence-electron chi connectivity index (χ4n) is 4.56. The topological polar surface area (TPSA) is 111 Å². The average molecular weight is 563 g/mol. The van der Waals surface area contributed by atoms with Gasteiger partial charge in [-0.15, -0.1) is 0 Å². The van der Waals surface area contributed by atoms with Gasteiger partial charge >= 0.3 is 0 Å². The summed E-state index contributed by atoms with van der Waals surface area (Å²) in [6.07, 6.45) is 1.59. The maximum absolute atomic E-state index is 13.7. The molecule has 0 fully saturated rings. The molecule has 1 aliphatic heterocycles. The second kappa shape index (κ2) is 10.1. The number of carbonyl (C=O) groups is 1. The predicted molar refractivity (Wildman–Crippen MR) is 151 cm³/mol. The Morgan fingerprint density at radius 3 is 2.54 bits per heavy atom. The fraction of sp³-hybridized carbons (Fsp3) is 0.179. The van der Waals surface area contributed by atoms with Crippen LogP contribution in [0.1, 0.15) is 31.2 Å². The lowest BCUT2D eigenvalue weighted by atomic mass is 9.93. The number of hydrogen-bond donors (Lipinski definition) is 0. The van der Waals surface area contributed by atoms with Gasteiger partial charge in [0.15, 0.2) is 10.6 Å². The number of aromatic nitrogens is 1. The number of halogens is 1. The summed E-state index contributed by atoms with van der Waals surface area (Å²) in [5.41, 5.74) is 2.77. The van der Waals surface area contributed by atoms with E-state index in [2.05, 4.69) is 4.99 Å². The number of rotatable bonds is 6. The van der Waals surface area contributed by atoms with E-state index in [9.17, 15) is 19.7 Å². The van der Waals surface area contributed by atoms with E-state index >= 15 is 0 Å². The third-order valence-electron chi connectivity index (χ3n) is 6.45. The molecule has 0 amide bonds. The zero-order chi connectivity index (χ0) is 28.0. The number of nitrogens with zero attached hydrogens (tertiary/aromatic N) is 4. The summed E-state index contributed by atoms with van der Waals surface area (Å²) in [7, 11) is 3.88. The van der Waals surface area contributed by atoms with Gasteiger partial charge in [-0.05, 0) is 49.7 Å². The van der Waals surface area contributed by atoms with Crippen LogP contribution < -0.4 is 19.8 Å². The number of hydrogen-bond acceptors (Lipinski definition) is 8. The second-order valence-corrected chi connectivity index (χ2v) is 10.7. The van der Waals surface area contributed by atoms with Crippen molar-refractivity contribution in [3.05, 3.63) is 112 Å². The molecule has 9 nitrogen and oxygen atoms in total. The van der Waals surface area contributed by atoms with Crippen molar-refractivity contribution in [1.29, 1.82) is 0 Å². The standard InChI is InChI=1S/C28H23ClN4O5S/c1-15-25(16(2)34)26(17-5-7-18(8-6-17)31(3)4)32-27(35)24(39-28(32)30-15)14-20-10-12-23(38-20)21-13-19(33(36)37)9-11-22(21)29/h5-14,26H,1-4H3/b24-14+/t26-/m1/s1. The number of nitro groups is 1. The number of benzene rings is 2. The largest absolute Gasteiger partial charge is 0.457 e. The van der Waals surface area contributed by atoms with E-state index in [1.54, 1.807) is 29.7 Å². The SMILES string of the molecule is CC(=O)C1=C(C)N=c2s/c(=C/c3ccc(-c4cc([N+](=O)[O-])ccc4Cl)o3)c(=O)n2[C@@H]1c1ccc(N(C)C)cc1. The minimum absolute atomic E-state index is 0.115. The van der Waals surface area contributed by atoms with Crippen LogP contribution >= 0.6 is 22.9 Å². The van der Waals surface area contributed by atoms with Crippen LogP contribution in [0.15, 0.2) is 80.1 Å². The van der Waals surface area contributed by atoms with Crippen molar-refractivity contribution in [2.24, 2.45) is 4.99 Å². The molecule has 1 aliphatic rings. The molecule has 1 atom stereocenters. The van der Waals surface area contributed by atoms with E-state index < -0.39 is 11.0 Å². The van der Waals surface area contributed by atoms with Crippen molar-refractivity contribution in [2.45, 2.75) is 19.9 Å². The quantitative estimate of drug-likeness (QED) is 0.248. The Balaban J connectivity index is 1.62. The number of nitro benzene ring substituents is 1. The first-order valence-electron chi connectivity index (χ1n) is 11.9. The number of anilines is 1. The van der Waals surface area contributed by atoms with Gasteiger partial charge in [0.1, 0.15) is 11.5 Å². The Hall–Kier alpha value is -4.28. The molecule has 0 saturated carbocycles. The van der Waals surface area contributed by atoms with Gasteiger partial charge in [0.25, 0.3) is 11.2 Å². The molecule has 0 N–H and O–H groups in total. The Morgan fingerprint density at radius 1 is 1.18 bits per heavy atom. The van der Waals surface area contributed by atoms with Crippen molar-refractivity contribution >= 4 is 46.2 Å². The minimum Gasteiger partial charge on any atom is -0.457 e. The summed E-state index contributed by atoms with van der Waals surface area (Å²) in [5, 5.41) is 11.5. The molecule has 0 radical (unpaired) electrons. The maximum Gasteiger partial charge on any atom is 0.271 e. The number of allylic oxidation sites excluding steroid dienone is 2. The molecule has 0 aliphatic carbocycles. The van der Waals surface area contributed by atoms with E-state index in [0.717, 1.165) is 11.3 Å². The summed E-state index contributed by atoms with van der Waals surface area (Å²) >= 11 is 7.46. The summed E-state index contributed by atoms with van der Waals surface area (Å²) in [6, 6.07) is 14.5. The van der Waals surface area contributed by atoms with Gasteiger partial charge in [-0.3, -0.25) is 24.3 Å². The molecule has 11 heteroatoms. The van der Waals surface area contributed by atoms with Gasteiger partial charge in [-0.1, -0.05) is 35.1 Å². The van der Waals surface area contributed by atoms with Crippen LogP contribution in [-0.4, -0.2) is 29.4 Å². The first-order chi connectivity index (χ1) is 18.5. The van der Waals surface area contributed by atoms with Gasteiger partial charge in [0.05, 0.1) is 20.5 Å². The predicted octanol–water partition coefficient (Wildman–Crippen LogP) is 4.71. The molecule has 0 bridgehead atoms. The molecule has 3 heterocycles. The first-order valence-corrected chi connectivity index (χ1v) is 13.1.